The number of allylic oxidation sites excluding steroid dienone is 1. The Kier molecular flexibility index (Phi) is 3.19. The molecular weight excluding hydrogens is 212 g/mol. The summed E-state index contributed by atoms with van der Waals surface area (Å²) in [6, 6.07) is 0. The van der Waals surface area contributed by atoms with Crippen molar-refractivity contribution in [2.45, 2.75) is 59.5 Å². The lowest BCUT2D eigenvalue weighted by Gasteiger charge is -2.46. The van der Waals surface area contributed by atoms with Crippen LogP contribution in [0.15, 0.2) is 11.1 Å². The fourth-order valence-electron chi connectivity index (χ4n) is 3.64. The molecule has 2 aliphatic carbocycles. The molecule has 2 rings (SSSR count). The van der Waals surface area contributed by atoms with Crippen LogP contribution < -0.4 is 0 Å². The Morgan fingerprint density at radius 2 is 2.00 bits per heavy atom. The molecule has 0 aliphatic heterocycles. The summed E-state index contributed by atoms with van der Waals surface area (Å²) in [4.78, 5) is 12.6. The van der Waals surface area contributed by atoms with Gasteiger partial charge in [0.05, 0.1) is 6.10 Å². The Bertz CT molecular complexity index is 367. The van der Waals surface area contributed by atoms with Gasteiger partial charge in [0.2, 0.25) is 0 Å². The summed E-state index contributed by atoms with van der Waals surface area (Å²) in [6.07, 6.45) is 3.24. The Hall–Kier alpha value is -0.630. The van der Waals surface area contributed by atoms with Crippen LogP contribution in [-0.4, -0.2) is 17.0 Å². The third kappa shape index (κ3) is 1.87. The van der Waals surface area contributed by atoms with Crippen molar-refractivity contribution in [3.8, 4) is 0 Å². The lowest BCUT2D eigenvalue weighted by molar-refractivity contribution is -0.126. The van der Waals surface area contributed by atoms with Crippen molar-refractivity contribution in [2.75, 3.05) is 0 Å². The molecule has 0 saturated heterocycles. The number of fused-ring (bicyclic) bond motifs is 1. The molecule has 3 unspecified atom stereocenters. The topological polar surface area (TPSA) is 37.3 Å². The molecule has 0 spiro atoms. The maximum atomic E-state index is 12.6. The van der Waals surface area contributed by atoms with Crippen molar-refractivity contribution < 1.29 is 9.90 Å². The Labute approximate surface area is 104 Å². The molecule has 2 aliphatic rings. The number of Topliss-reactive ketones (excluding diaryl/α,β-unsaturated/α-hetero) is 1. The van der Waals surface area contributed by atoms with Gasteiger partial charge < -0.3 is 5.11 Å². The van der Waals surface area contributed by atoms with Crippen molar-refractivity contribution >= 4 is 5.78 Å². The molecule has 0 aromatic heterocycles. The minimum Gasteiger partial charge on any atom is -0.392 e. The van der Waals surface area contributed by atoms with E-state index >= 15 is 0 Å². The van der Waals surface area contributed by atoms with Gasteiger partial charge in [-0.25, -0.2) is 0 Å². The van der Waals surface area contributed by atoms with Crippen LogP contribution in [0.4, 0.5) is 0 Å². The highest BCUT2D eigenvalue weighted by atomic mass is 16.3. The Balaban J connectivity index is 2.42. The molecule has 1 N–H and O–H groups in total. The first-order valence-electron chi connectivity index (χ1n) is 6.80. The summed E-state index contributed by atoms with van der Waals surface area (Å²) in [5, 5.41) is 10.2. The number of aliphatic hydroxyl groups excluding tert-OH is 1. The second-order valence-electron chi connectivity index (χ2n) is 6.38. The second-order valence-corrected chi connectivity index (χ2v) is 6.38. The summed E-state index contributed by atoms with van der Waals surface area (Å²) >= 11 is 0. The highest BCUT2D eigenvalue weighted by molar-refractivity contribution is 6.00. The van der Waals surface area contributed by atoms with Crippen molar-refractivity contribution in [3.05, 3.63) is 11.1 Å². The second kappa shape index (κ2) is 4.24. The standard InChI is InChI=1S/C15H24O2/c1-9(2)11-7-8-15(4)12(16)6-5-10(3)13(15)14(11)17/h9,11-12,16H,5-8H2,1-4H3. The Morgan fingerprint density at radius 3 is 2.59 bits per heavy atom. The molecule has 17 heavy (non-hydrogen) atoms. The molecule has 0 bridgehead atoms. The van der Waals surface area contributed by atoms with Crippen molar-refractivity contribution in [1.82, 2.24) is 0 Å². The highest BCUT2D eigenvalue weighted by Gasteiger charge is 2.48. The minimum atomic E-state index is -0.335. The van der Waals surface area contributed by atoms with E-state index in [1.807, 2.05) is 0 Å². The maximum Gasteiger partial charge on any atom is 0.162 e. The largest absolute Gasteiger partial charge is 0.392 e. The molecule has 0 amide bonds. The number of hydrogen-bond donors (Lipinski definition) is 1. The molecule has 0 aromatic carbocycles. The van der Waals surface area contributed by atoms with Crippen LogP contribution in [0.1, 0.15) is 53.4 Å². The van der Waals surface area contributed by atoms with Gasteiger partial charge in [0.25, 0.3) is 0 Å². The van der Waals surface area contributed by atoms with E-state index in [0.717, 1.165) is 31.3 Å². The number of hydrogen-bond acceptors (Lipinski definition) is 2. The number of ketones is 1. The van der Waals surface area contributed by atoms with E-state index in [4.69, 9.17) is 0 Å². The molecule has 0 heterocycles. The maximum absolute atomic E-state index is 12.6. The lowest BCUT2D eigenvalue weighted by atomic mass is 9.58. The van der Waals surface area contributed by atoms with Gasteiger partial charge in [-0.2, -0.15) is 0 Å². The zero-order chi connectivity index (χ0) is 12.8. The van der Waals surface area contributed by atoms with Crippen LogP contribution in [0.25, 0.3) is 0 Å². The van der Waals surface area contributed by atoms with Gasteiger partial charge in [-0.05, 0) is 38.5 Å². The first-order chi connectivity index (χ1) is 7.88. The van der Waals surface area contributed by atoms with E-state index in [9.17, 15) is 9.90 Å². The monoisotopic (exact) mass is 236 g/mol. The summed E-state index contributed by atoms with van der Waals surface area (Å²) in [7, 11) is 0. The first kappa shape index (κ1) is 12.8. The fourth-order valence-corrected chi connectivity index (χ4v) is 3.64. The van der Waals surface area contributed by atoms with E-state index in [-0.39, 0.29) is 17.4 Å². The van der Waals surface area contributed by atoms with Gasteiger partial charge in [0.1, 0.15) is 0 Å². The van der Waals surface area contributed by atoms with E-state index in [1.165, 1.54) is 5.57 Å². The number of carbonyl (C=O) groups excluding carboxylic acids is 1. The SMILES string of the molecule is CC1=C2C(=O)C(C(C)C)CCC2(C)C(O)CC1. The zero-order valence-electron chi connectivity index (χ0n) is 11.4. The molecule has 1 saturated carbocycles. The molecule has 0 radical (unpaired) electrons. The third-order valence-electron chi connectivity index (χ3n) is 4.89. The summed E-state index contributed by atoms with van der Waals surface area (Å²) in [6.45, 7) is 8.39. The predicted molar refractivity (Wildman–Crippen MR) is 68.6 cm³/mol. The molecule has 2 heteroatoms. The van der Waals surface area contributed by atoms with Crippen LogP contribution in [0, 0.1) is 17.3 Å². The Morgan fingerprint density at radius 1 is 1.35 bits per heavy atom. The van der Waals surface area contributed by atoms with Crippen LogP contribution in [0.2, 0.25) is 0 Å². The zero-order valence-corrected chi connectivity index (χ0v) is 11.4. The van der Waals surface area contributed by atoms with Crippen LogP contribution in [0.3, 0.4) is 0 Å². The van der Waals surface area contributed by atoms with Gasteiger partial charge in [-0.3, -0.25) is 4.79 Å². The number of carbonyl (C=O) groups is 1. The van der Waals surface area contributed by atoms with Gasteiger partial charge in [0.15, 0.2) is 5.78 Å². The molecule has 1 fully saturated rings. The third-order valence-corrected chi connectivity index (χ3v) is 4.89. The van der Waals surface area contributed by atoms with Gasteiger partial charge in [-0.1, -0.05) is 26.3 Å². The fraction of sp³-hybridized carbons (Fsp3) is 0.800. The average Bonchev–Trinajstić information content (AvgIpc) is 2.23. The molecular formula is C15H24O2. The van der Waals surface area contributed by atoms with Crippen LogP contribution >= 0.6 is 0 Å². The number of aliphatic hydroxyl groups is 1. The minimum absolute atomic E-state index is 0.165. The molecule has 0 aromatic rings. The quantitative estimate of drug-likeness (QED) is 0.759. The summed E-state index contributed by atoms with van der Waals surface area (Å²) in [5.41, 5.74) is 1.90. The van der Waals surface area contributed by atoms with Crippen LogP contribution in [-0.2, 0) is 4.79 Å². The normalized spacial score (nSPS) is 38.6. The average molecular weight is 236 g/mol. The van der Waals surface area contributed by atoms with E-state index in [2.05, 4.69) is 27.7 Å². The van der Waals surface area contributed by atoms with Gasteiger partial charge in [-0.15, -0.1) is 0 Å². The predicted octanol–water partition coefficient (Wildman–Crippen LogP) is 3.10. The van der Waals surface area contributed by atoms with Crippen molar-refractivity contribution in [3.63, 3.8) is 0 Å². The highest BCUT2D eigenvalue weighted by Crippen LogP contribution is 2.50. The molecule has 2 nitrogen and oxygen atoms in total. The van der Waals surface area contributed by atoms with E-state index < -0.39 is 0 Å². The van der Waals surface area contributed by atoms with Crippen LogP contribution in [0.5, 0.6) is 0 Å². The van der Waals surface area contributed by atoms with Gasteiger partial charge in [0, 0.05) is 16.9 Å². The van der Waals surface area contributed by atoms with E-state index in [0.29, 0.717) is 11.7 Å². The molecule has 3 atom stereocenters. The number of rotatable bonds is 1. The first-order valence-corrected chi connectivity index (χ1v) is 6.80. The van der Waals surface area contributed by atoms with Crippen molar-refractivity contribution in [1.29, 1.82) is 0 Å². The smallest absolute Gasteiger partial charge is 0.162 e. The summed E-state index contributed by atoms with van der Waals surface area (Å²) < 4.78 is 0. The van der Waals surface area contributed by atoms with Crippen molar-refractivity contribution in [2.24, 2.45) is 17.3 Å². The summed E-state index contributed by atoms with van der Waals surface area (Å²) in [5.74, 6) is 0.884. The lowest BCUT2D eigenvalue weighted by Crippen LogP contribution is -2.46. The van der Waals surface area contributed by atoms with Gasteiger partial charge >= 0.3 is 0 Å². The molecule has 96 valence electrons. The van der Waals surface area contributed by atoms with E-state index in [1.54, 1.807) is 0 Å².